The molecular formula is C22H18FN3O2S. The number of nitrogens with zero attached hydrogens (tertiary/aromatic N) is 3. The topological polar surface area (TPSA) is 45.6 Å². The Morgan fingerprint density at radius 2 is 1.72 bits per heavy atom. The van der Waals surface area contributed by atoms with Crippen molar-refractivity contribution in [3.8, 4) is 0 Å². The van der Waals surface area contributed by atoms with Gasteiger partial charge in [0.05, 0.1) is 0 Å². The van der Waals surface area contributed by atoms with Crippen molar-refractivity contribution in [2.24, 2.45) is 0 Å². The lowest BCUT2D eigenvalue weighted by molar-refractivity contribution is -0.132. The maximum atomic E-state index is 13.4. The van der Waals surface area contributed by atoms with Gasteiger partial charge in [0.25, 0.3) is 11.8 Å². The van der Waals surface area contributed by atoms with Gasteiger partial charge in [-0.15, -0.1) is 0 Å². The first-order chi connectivity index (χ1) is 13.8. The van der Waals surface area contributed by atoms with Gasteiger partial charge in [0.1, 0.15) is 11.4 Å². The molecule has 0 saturated carbocycles. The van der Waals surface area contributed by atoms with Gasteiger partial charge in [0.2, 0.25) is 0 Å². The Morgan fingerprint density at radius 1 is 1.00 bits per heavy atom. The molecule has 1 fully saturated rings. The second-order valence-corrected chi connectivity index (χ2v) is 7.33. The fraction of sp³-hybridized carbons (Fsp3) is 0.136. The van der Waals surface area contributed by atoms with Crippen LogP contribution in [0, 0.1) is 5.82 Å². The second kappa shape index (κ2) is 7.25. The predicted molar refractivity (Wildman–Crippen MR) is 114 cm³/mol. The van der Waals surface area contributed by atoms with Crippen LogP contribution in [0.25, 0.3) is 17.0 Å². The average Bonchev–Trinajstić information content (AvgIpc) is 3.10. The SMILES string of the molecule is CN1C(=O)C(=Cc2ccc3c(ccn3Cc3cccc(F)c3)c2)C(=O)N(C)C1=S. The number of thiocarbonyl (C=S) groups is 1. The fourth-order valence-corrected chi connectivity index (χ4v) is 3.59. The van der Waals surface area contributed by atoms with E-state index >= 15 is 0 Å². The zero-order valence-corrected chi connectivity index (χ0v) is 16.7. The van der Waals surface area contributed by atoms with Crippen LogP contribution < -0.4 is 0 Å². The van der Waals surface area contributed by atoms with Gasteiger partial charge in [0.15, 0.2) is 5.11 Å². The highest BCUT2D eigenvalue weighted by Crippen LogP contribution is 2.23. The highest BCUT2D eigenvalue weighted by atomic mass is 32.1. The van der Waals surface area contributed by atoms with Crippen LogP contribution >= 0.6 is 12.2 Å². The fourth-order valence-electron chi connectivity index (χ4n) is 3.42. The molecule has 0 unspecified atom stereocenters. The summed E-state index contributed by atoms with van der Waals surface area (Å²) in [5, 5.41) is 1.14. The third kappa shape index (κ3) is 3.45. The van der Waals surface area contributed by atoms with Crippen molar-refractivity contribution in [1.29, 1.82) is 0 Å². The second-order valence-electron chi connectivity index (χ2n) is 6.96. The summed E-state index contributed by atoms with van der Waals surface area (Å²) >= 11 is 5.11. The van der Waals surface area contributed by atoms with Gasteiger partial charge in [0, 0.05) is 37.7 Å². The summed E-state index contributed by atoms with van der Waals surface area (Å²) in [4.78, 5) is 27.5. The summed E-state index contributed by atoms with van der Waals surface area (Å²) in [5.74, 6) is -1.09. The molecule has 146 valence electrons. The first-order valence-electron chi connectivity index (χ1n) is 9.00. The van der Waals surface area contributed by atoms with Crippen LogP contribution in [-0.4, -0.2) is 45.4 Å². The molecular weight excluding hydrogens is 389 g/mol. The van der Waals surface area contributed by atoms with Crippen LogP contribution in [0.5, 0.6) is 0 Å². The Kier molecular flexibility index (Phi) is 4.76. The van der Waals surface area contributed by atoms with Crippen LogP contribution in [-0.2, 0) is 16.1 Å². The molecule has 3 aromatic rings. The molecule has 4 rings (SSSR count). The Morgan fingerprint density at radius 3 is 2.41 bits per heavy atom. The largest absolute Gasteiger partial charge is 0.343 e. The number of carbonyl (C=O) groups excluding carboxylic acids is 2. The molecule has 5 nitrogen and oxygen atoms in total. The molecule has 7 heteroatoms. The number of hydrogen-bond donors (Lipinski definition) is 0. The van der Waals surface area contributed by atoms with E-state index < -0.39 is 11.8 Å². The number of carbonyl (C=O) groups is 2. The van der Waals surface area contributed by atoms with E-state index in [0.29, 0.717) is 6.54 Å². The summed E-state index contributed by atoms with van der Waals surface area (Å²) in [6.07, 6.45) is 3.52. The predicted octanol–water partition coefficient (Wildman–Crippen LogP) is 3.43. The van der Waals surface area contributed by atoms with Crippen molar-refractivity contribution in [3.63, 3.8) is 0 Å². The molecule has 0 bridgehead atoms. The molecule has 0 N–H and O–H groups in total. The maximum Gasteiger partial charge on any atom is 0.265 e. The lowest BCUT2D eigenvalue weighted by atomic mass is 10.1. The van der Waals surface area contributed by atoms with Gasteiger partial charge in [-0.2, -0.15) is 0 Å². The van der Waals surface area contributed by atoms with Crippen LogP contribution in [0.1, 0.15) is 11.1 Å². The standard InChI is InChI=1S/C22H18FN3O2S/c1-24-20(27)18(21(28)25(2)22(24)29)12-14-6-7-19-16(10-14)8-9-26(19)13-15-4-3-5-17(23)11-15/h3-12H,13H2,1-2H3. The van der Waals surface area contributed by atoms with Crippen molar-refractivity contribution in [1.82, 2.24) is 14.4 Å². The first kappa shape index (κ1) is 19.0. The number of amides is 2. The Labute approximate surface area is 172 Å². The third-order valence-corrected chi connectivity index (χ3v) is 5.54. The molecule has 1 saturated heterocycles. The van der Waals surface area contributed by atoms with Gasteiger partial charge in [-0.25, -0.2) is 4.39 Å². The summed E-state index contributed by atoms with van der Waals surface area (Å²) in [6.45, 7) is 0.547. The Bertz CT molecular complexity index is 1170. The van der Waals surface area contributed by atoms with E-state index in [1.807, 2.05) is 41.1 Å². The van der Waals surface area contributed by atoms with E-state index in [9.17, 15) is 14.0 Å². The molecule has 1 aliphatic heterocycles. The summed E-state index contributed by atoms with van der Waals surface area (Å²) in [6, 6.07) is 14.2. The average molecular weight is 407 g/mol. The van der Waals surface area contributed by atoms with Crippen LogP contribution in [0.4, 0.5) is 4.39 Å². The van der Waals surface area contributed by atoms with Crippen molar-refractivity contribution in [2.45, 2.75) is 6.54 Å². The molecule has 1 aliphatic rings. The first-order valence-corrected chi connectivity index (χ1v) is 9.41. The molecule has 1 aromatic heterocycles. The highest BCUT2D eigenvalue weighted by molar-refractivity contribution is 7.80. The molecule has 2 aromatic carbocycles. The summed E-state index contributed by atoms with van der Waals surface area (Å²) in [7, 11) is 3.11. The van der Waals surface area contributed by atoms with Gasteiger partial charge in [-0.1, -0.05) is 18.2 Å². The zero-order chi connectivity index (χ0) is 20.7. The number of likely N-dealkylation sites (N-methyl/N-ethyl adjacent to an activating group) is 2. The number of aromatic nitrogens is 1. The van der Waals surface area contributed by atoms with Gasteiger partial charge in [-0.05, 0) is 59.8 Å². The molecule has 2 amide bonds. The van der Waals surface area contributed by atoms with E-state index in [2.05, 4.69) is 0 Å². The summed E-state index contributed by atoms with van der Waals surface area (Å²) < 4.78 is 15.5. The monoisotopic (exact) mass is 407 g/mol. The lowest BCUT2D eigenvalue weighted by Crippen LogP contribution is -2.52. The van der Waals surface area contributed by atoms with Crippen LogP contribution in [0.15, 0.2) is 60.3 Å². The molecule has 0 aliphatic carbocycles. The van der Waals surface area contributed by atoms with Gasteiger partial charge in [-0.3, -0.25) is 19.4 Å². The quantitative estimate of drug-likeness (QED) is 0.380. The molecule has 29 heavy (non-hydrogen) atoms. The molecule has 0 spiro atoms. The van der Waals surface area contributed by atoms with Gasteiger partial charge >= 0.3 is 0 Å². The number of fused-ring (bicyclic) bond motifs is 1. The number of hydrogen-bond acceptors (Lipinski definition) is 3. The summed E-state index contributed by atoms with van der Waals surface area (Å²) in [5.41, 5.74) is 2.66. The van der Waals surface area contributed by atoms with E-state index in [1.165, 1.54) is 21.9 Å². The minimum absolute atomic E-state index is 0.0714. The van der Waals surface area contributed by atoms with E-state index in [1.54, 1.807) is 26.2 Å². The Balaban J connectivity index is 1.66. The minimum Gasteiger partial charge on any atom is -0.343 e. The van der Waals surface area contributed by atoms with Gasteiger partial charge < -0.3 is 4.57 Å². The van der Waals surface area contributed by atoms with Crippen molar-refractivity contribution in [3.05, 3.63) is 77.2 Å². The number of halogens is 1. The highest BCUT2D eigenvalue weighted by Gasteiger charge is 2.35. The van der Waals surface area contributed by atoms with E-state index in [0.717, 1.165) is 22.0 Å². The van der Waals surface area contributed by atoms with E-state index in [4.69, 9.17) is 12.2 Å². The van der Waals surface area contributed by atoms with Crippen molar-refractivity contribution in [2.75, 3.05) is 14.1 Å². The maximum absolute atomic E-state index is 13.4. The third-order valence-electron chi connectivity index (χ3n) is 4.99. The Hall–Kier alpha value is -3.32. The molecule has 2 heterocycles. The number of benzene rings is 2. The molecule has 0 atom stereocenters. The van der Waals surface area contributed by atoms with E-state index in [-0.39, 0.29) is 16.5 Å². The normalized spacial score (nSPS) is 14.9. The number of rotatable bonds is 3. The zero-order valence-electron chi connectivity index (χ0n) is 15.9. The minimum atomic E-state index is -0.415. The van der Waals surface area contributed by atoms with Crippen molar-refractivity contribution >= 4 is 46.1 Å². The smallest absolute Gasteiger partial charge is 0.265 e. The lowest BCUT2D eigenvalue weighted by Gasteiger charge is -2.31. The van der Waals surface area contributed by atoms with Crippen LogP contribution in [0.3, 0.4) is 0 Å². The van der Waals surface area contributed by atoms with Crippen LogP contribution in [0.2, 0.25) is 0 Å². The van der Waals surface area contributed by atoms with Crippen molar-refractivity contribution < 1.29 is 14.0 Å². The molecule has 0 radical (unpaired) electrons.